The Labute approximate surface area is 103 Å². The topological polar surface area (TPSA) is 46.2 Å². The van der Waals surface area contributed by atoms with Crippen LogP contribution in [0.5, 0.6) is 0 Å². The summed E-state index contributed by atoms with van der Waals surface area (Å²) in [5, 5.41) is 3.00. The van der Waals surface area contributed by atoms with Crippen molar-refractivity contribution in [2.45, 2.75) is 37.8 Å². The molecule has 0 radical (unpaired) electrons. The van der Waals surface area contributed by atoms with Crippen LogP contribution in [0.3, 0.4) is 0 Å². The molecule has 0 spiro atoms. The highest BCUT2D eigenvalue weighted by molar-refractivity contribution is 7.91. The van der Waals surface area contributed by atoms with E-state index in [0.29, 0.717) is 0 Å². The summed E-state index contributed by atoms with van der Waals surface area (Å²) in [6.07, 6.45) is 0.930. The molecule has 0 atom stereocenters. The predicted molar refractivity (Wildman–Crippen MR) is 69.6 cm³/mol. The van der Waals surface area contributed by atoms with Crippen LogP contribution >= 0.6 is 0 Å². The van der Waals surface area contributed by atoms with E-state index in [1.165, 1.54) is 11.1 Å². The third kappa shape index (κ3) is 2.69. The molecule has 94 valence electrons. The molecule has 1 heterocycles. The van der Waals surface area contributed by atoms with Gasteiger partial charge in [0.25, 0.3) is 0 Å². The Kier molecular flexibility index (Phi) is 3.54. The predicted octanol–water partition coefficient (Wildman–Crippen LogP) is 1.66. The van der Waals surface area contributed by atoms with Gasteiger partial charge in [0.05, 0.1) is 11.0 Å². The lowest BCUT2D eigenvalue weighted by Gasteiger charge is -2.20. The summed E-state index contributed by atoms with van der Waals surface area (Å²) in [6, 6.07) is 5.98. The fraction of sp³-hybridized carbons (Fsp3) is 0.538. The molecule has 2 rings (SSSR count). The summed E-state index contributed by atoms with van der Waals surface area (Å²) in [5.41, 5.74) is 3.46. The van der Waals surface area contributed by atoms with Gasteiger partial charge in [0.2, 0.25) is 0 Å². The molecule has 0 aromatic heterocycles. The smallest absolute Gasteiger partial charge is 0.156 e. The van der Waals surface area contributed by atoms with Gasteiger partial charge < -0.3 is 5.32 Å². The lowest BCUT2D eigenvalue weighted by atomic mass is 9.96. The second-order valence-corrected chi connectivity index (χ2v) is 7.39. The van der Waals surface area contributed by atoms with Crippen molar-refractivity contribution < 1.29 is 8.42 Å². The van der Waals surface area contributed by atoms with Gasteiger partial charge in [0, 0.05) is 6.54 Å². The van der Waals surface area contributed by atoms with E-state index in [-0.39, 0.29) is 11.0 Å². The monoisotopic (exact) mass is 253 g/mol. The van der Waals surface area contributed by atoms with Gasteiger partial charge in [-0.2, -0.15) is 0 Å². The van der Waals surface area contributed by atoms with Crippen LogP contribution in [0.2, 0.25) is 0 Å². The summed E-state index contributed by atoms with van der Waals surface area (Å²) < 4.78 is 23.9. The highest BCUT2D eigenvalue weighted by Crippen LogP contribution is 2.21. The molecule has 1 N–H and O–H groups in total. The third-order valence-electron chi connectivity index (χ3n) is 3.31. The normalized spacial score (nSPS) is 15.9. The molecule has 17 heavy (non-hydrogen) atoms. The van der Waals surface area contributed by atoms with Gasteiger partial charge in [0.15, 0.2) is 9.84 Å². The first-order chi connectivity index (χ1) is 8.00. The fourth-order valence-electron chi connectivity index (χ4n) is 2.13. The van der Waals surface area contributed by atoms with E-state index in [0.717, 1.165) is 25.1 Å². The van der Waals surface area contributed by atoms with Crippen molar-refractivity contribution in [3.8, 4) is 0 Å². The van der Waals surface area contributed by atoms with Crippen LogP contribution in [-0.2, 0) is 28.6 Å². The molecule has 1 aliphatic rings. The van der Waals surface area contributed by atoms with Crippen molar-refractivity contribution in [1.82, 2.24) is 5.32 Å². The van der Waals surface area contributed by atoms with Gasteiger partial charge in [-0.1, -0.05) is 18.2 Å². The zero-order chi connectivity index (χ0) is 12.5. The molecule has 1 aromatic rings. The van der Waals surface area contributed by atoms with E-state index in [1.807, 2.05) is 12.1 Å². The molecule has 0 amide bonds. The van der Waals surface area contributed by atoms with E-state index in [9.17, 15) is 8.42 Å². The Morgan fingerprint density at radius 3 is 2.82 bits per heavy atom. The van der Waals surface area contributed by atoms with Crippen molar-refractivity contribution in [2.24, 2.45) is 0 Å². The van der Waals surface area contributed by atoms with Gasteiger partial charge in [-0.25, -0.2) is 8.42 Å². The van der Waals surface area contributed by atoms with Gasteiger partial charge in [-0.3, -0.25) is 0 Å². The number of fused-ring (bicyclic) bond motifs is 1. The lowest BCUT2D eigenvalue weighted by Crippen LogP contribution is -2.25. The Morgan fingerprint density at radius 1 is 1.35 bits per heavy atom. The van der Waals surface area contributed by atoms with E-state index in [4.69, 9.17) is 0 Å². The van der Waals surface area contributed by atoms with Gasteiger partial charge in [-0.15, -0.1) is 0 Å². The van der Waals surface area contributed by atoms with Crippen molar-refractivity contribution in [3.05, 3.63) is 34.9 Å². The average Bonchev–Trinajstić information content (AvgIpc) is 2.29. The van der Waals surface area contributed by atoms with E-state index in [1.54, 1.807) is 13.8 Å². The quantitative estimate of drug-likeness (QED) is 0.891. The molecule has 1 aromatic carbocycles. The lowest BCUT2D eigenvalue weighted by molar-refractivity contribution is 0.585. The van der Waals surface area contributed by atoms with Crippen molar-refractivity contribution in [2.75, 3.05) is 6.54 Å². The molecule has 4 heteroatoms. The minimum absolute atomic E-state index is 0.174. The SMILES string of the molecule is CC(C)S(=O)(=O)Cc1cccc2c1CCNC2. The summed E-state index contributed by atoms with van der Waals surface area (Å²) in [5.74, 6) is 0.174. The van der Waals surface area contributed by atoms with Crippen molar-refractivity contribution in [1.29, 1.82) is 0 Å². The molecule has 0 aliphatic carbocycles. The molecular weight excluding hydrogens is 234 g/mol. The number of benzene rings is 1. The van der Waals surface area contributed by atoms with Crippen LogP contribution in [0.15, 0.2) is 18.2 Å². The first-order valence-corrected chi connectivity index (χ1v) is 7.74. The highest BCUT2D eigenvalue weighted by atomic mass is 32.2. The minimum Gasteiger partial charge on any atom is -0.312 e. The van der Waals surface area contributed by atoms with Gasteiger partial charge in [0.1, 0.15) is 0 Å². The Morgan fingerprint density at radius 2 is 2.12 bits per heavy atom. The van der Waals surface area contributed by atoms with Crippen LogP contribution in [0.4, 0.5) is 0 Å². The van der Waals surface area contributed by atoms with E-state index >= 15 is 0 Å². The fourth-order valence-corrected chi connectivity index (χ4v) is 3.17. The Hall–Kier alpha value is -0.870. The first kappa shape index (κ1) is 12.6. The molecule has 0 fully saturated rings. The largest absolute Gasteiger partial charge is 0.312 e. The maximum Gasteiger partial charge on any atom is 0.156 e. The molecular formula is C13H19NO2S. The maximum absolute atomic E-state index is 12.0. The minimum atomic E-state index is -3.01. The molecule has 0 saturated heterocycles. The van der Waals surface area contributed by atoms with Crippen LogP contribution in [0, 0.1) is 0 Å². The summed E-state index contributed by atoms with van der Waals surface area (Å²) in [6.45, 7) is 5.27. The number of rotatable bonds is 3. The zero-order valence-corrected chi connectivity index (χ0v) is 11.2. The molecule has 1 aliphatic heterocycles. The Balaban J connectivity index is 2.34. The van der Waals surface area contributed by atoms with Gasteiger partial charge in [-0.05, 0) is 43.5 Å². The second-order valence-electron chi connectivity index (χ2n) is 4.84. The number of sulfone groups is 1. The molecule has 0 unspecified atom stereocenters. The van der Waals surface area contributed by atoms with Crippen LogP contribution in [-0.4, -0.2) is 20.2 Å². The maximum atomic E-state index is 12.0. The highest BCUT2D eigenvalue weighted by Gasteiger charge is 2.20. The number of hydrogen-bond donors (Lipinski definition) is 1. The number of hydrogen-bond acceptors (Lipinski definition) is 3. The van der Waals surface area contributed by atoms with Crippen LogP contribution < -0.4 is 5.32 Å². The zero-order valence-electron chi connectivity index (χ0n) is 10.4. The summed E-state index contributed by atoms with van der Waals surface area (Å²) in [7, 11) is -3.01. The van der Waals surface area contributed by atoms with E-state index < -0.39 is 9.84 Å². The average molecular weight is 253 g/mol. The van der Waals surface area contributed by atoms with Crippen molar-refractivity contribution >= 4 is 9.84 Å². The van der Waals surface area contributed by atoms with Crippen LogP contribution in [0.1, 0.15) is 30.5 Å². The van der Waals surface area contributed by atoms with E-state index in [2.05, 4.69) is 11.4 Å². The molecule has 0 bridgehead atoms. The van der Waals surface area contributed by atoms with Crippen LogP contribution in [0.25, 0.3) is 0 Å². The second kappa shape index (κ2) is 4.78. The number of nitrogens with one attached hydrogen (secondary N) is 1. The van der Waals surface area contributed by atoms with Crippen molar-refractivity contribution in [3.63, 3.8) is 0 Å². The summed E-state index contributed by atoms with van der Waals surface area (Å²) in [4.78, 5) is 0. The summed E-state index contributed by atoms with van der Waals surface area (Å²) >= 11 is 0. The molecule has 3 nitrogen and oxygen atoms in total. The first-order valence-electron chi connectivity index (χ1n) is 6.02. The standard InChI is InChI=1S/C13H19NO2S/c1-10(2)17(15,16)9-12-5-3-4-11-8-14-7-6-13(11)12/h3-5,10,14H,6-9H2,1-2H3. The Bertz CT molecular complexity index is 506. The molecule has 0 saturated carbocycles. The third-order valence-corrected chi connectivity index (χ3v) is 5.46. The van der Waals surface area contributed by atoms with Gasteiger partial charge >= 0.3 is 0 Å².